The Bertz CT molecular complexity index is 116. The maximum atomic E-state index is 5.09. The van der Waals surface area contributed by atoms with Crippen LogP contribution in [0.15, 0.2) is 0 Å². The summed E-state index contributed by atoms with van der Waals surface area (Å²) < 4.78 is 5.09. The van der Waals surface area contributed by atoms with Gasteiger partial charge in [-0.3, -0.25) is 4.90 Å². The number of hydrogen-bond donors (Lipinski definition) is 0. The van der Waals surface area contributed by atoms with Crippen LogP contribution in [-0.2, 0) is 4.74 Å². The molecule has 0 aliphatic carbocycles. The van der Waals surface area contributed by atoms with Crippen molar-refractivity contribution in [3.8, 4) is 0 Å². The van der Waals surface area contributed by atoms with Gasteiger partial charge in [-0.05, 0) is 25.8 Å². The summed E-state index contributed by atoms with van der Waals surface area (Å²) in [6, 6.07) is 0.852. The lowest BCUT2D eigenvalue weighted by Gasteiger charge is -2.23. The molecular weight excluding hydrogens is 150 g/mol. The highest BCUT2D eigenvalue weighted by Gasteiger charge is 2.22. The van der Waals surface area contributed by atoms with Gasteiger partial charge in [-0.15, -0.1) is 0 Å². The van der Waals surface area contributed by atoms with Crippen LogP contribution in [-0.4, -0.2) is 37.7 Å². The second-order valence-electron chi connectivity index (χ2n) is 3.61. The highest BCUT2D eigenvalue weighted by Crippen LogP contribution is 2.20. The molecule has 2 nitrogen and oxygen atoms in total. The van der Waals surface area contributed by atoms with Crippen molar-refractivity contribution in [3.63, 3.8) is 0 Å². The molecule has 72 valence electrons. The largest absolute Gasteiger partial charge is 0.383 e. The highest BCUT2D eigenvalue weighted by molar-refractivity contribution is 4.78. The van der Waals surface area contributed by atoms with Gasteiger partial charge >= 0.3 is 0 Å². The first-order chi connectivity index (χ1) is 5.88. The van der Waals surface area contributed by atoms with Gasteiger partial charge in [0.25, 0.3) is 0 Å². The minimum absolute atomic E-state index is 0.852. The molecule has 0 spiro atoms. The molecule has 0 radical (unpaired) electrons. The third-order valence-electron chi connectivity index (χ3n) is 2.70. The van der Waals surface area contributed by atoms with Crippen molar-refractivity contribution in [2.75, 3.05) is 26.8 Å². The van der Waals surface area contributed by atoms with Gasteiger partial charge in [-0.25, -0.2) is 0 Å². The van der Waals surface area contributed by atoms with E-state index < -0.39 is 0 Å². The van der Waals surface area contributed by atoms with Crippen molar-refractivity contribution in [1.29, 1.82) is 0 Å². The lowest BCUT2D eigenvalue weighted by atomic mass is 10.1. The van der Waals surface area contributed by atoms with Crippen LogP contribution in [0.5, 0.6) is 0 Å². The molecule has 1 heterocycles. The molecule has 1 atom stereocenters. The Morgan fingerprint density at radius 3 is 3.00 bits per heavy atom. The average Bonchev–Trinajstić information content (AvgIpc) is 2.50. The fraction of sp³-hybridized carbons (Fsp3) is 1.00. The van der Waals surface area contributed by atoms with E-state index in [2.05, 4.69) is 11.8 Å². The number of methoxy groups -OCH3 is 1. The minimum atomic E-state index is 0.852. The van der Waals surface area contributed by atoms with Gasteiger partial charge in [0.15, 0.2) is 0 Å². The summed E-state index contributed by atoms with van der Waals surface area (Å²) in [5.74, 6) is 0. The van der Waals surface area contributed by atoms with Crippen LogP contribution in [0.4, 0.5) is 0 Å². The molecule has 0 bridgehead atoms. The molecule has 1 fully saturated rings. The molecule has 0 aromatic rings. The van der Waals surface area contributed by atoms with E-state index in [1.165, 1.54) is 32.2 Å². The van der Waals surface area contributed by atoms with Crippen LogP contribution in [0, 0.1) is 0 Å². The standard InChI is InChI=1S/C10H21NO/c1-3-5-10-6-4-7-11(10)8-9-12-2/h10H,3-9H2,1-2H3. The SMILES string of the molecule is CCCC1CCCN1CCOC. The van der Waals surface area contributed by atoms with Crippen molar-refractivity contribution in [3.05, 3.63) is 0 Å². The molecular formula is C10H21NO. The summed E-state index contributed by atoms with van der Waals surface area (Å²) in [5.41, 5.74) is 0. The molecule has 1 saturated heterocycles. The number of rotatable bonds is 5. The van der Waals surface area contributed by atoms with E-state index in [9.17, 15) is 0 Å². The predicted molar refractivity (Wildman–Crippen MR) is 51.4 cm³/mol. The molecule has 1 rings (SSSR count). The van der Waals surface area contributed by atoms with Crippen LogP contribution < -0.4 is 0 Å². The summed E-state index contributed by atoms with van der Waals surface area (Å²) in [6.45, 7) is 5.57. The molecule has 2 heteroatoms. The molecule has 0 N–H and O–H groups in total. The Balaban J connectivity index is 2.20. The predicted octanol–water partition coefficient (Wildman–Crippen LogP) is 1.90. The molecule has 0 aromatic carbocycles. The summed E-state index contributed by atoms with van der Waals surface area (Å²) in [6.07, 6.45) is 5.46. The quantitative estimate of drug-likeness (QED) is 0.626. The maximum absolute atomic E-state index is 5.09. The first-order valence-electron chi connectivity index (χ1n) is 5.11. The monoisotopic (exact) mass is 171 g/mol. The molecule has 0 amide bonds. The fourth-order valence-corrected chi connectivity index (χ4v) is 2.06. The van der Waals surface area contributed by atoms with Crippen molar-refractivity contribution >= 4 is 0 Å². The van der Waals surface area contributed by atoms with Gasteiger partial charge in [0.2, 0.25) is 0 Å². The Kier molecular flexibility index (Phi) is 4.62. The first kappa shape index (κ1) is 10.0. The van der Waals surface area contributed by atoms with E-state index in [0.717, 1.165) is 19.2 Å². The lowest BCUT2D eigenvalue weighted by Crippen LogP contribution is -2.32. The molecule has 1 aliphatic heterocycles. The topological polar surface area (TPSA) is 12.5 Å². The number of likely N-dealkylation sites (tertiary alicyclic amines) is 1. The summed E-state index contributed by atoms with van der Waals surface area (Å²) in [5, 5.41) is 0. The number of nitrogens with zero attached hydrogens (tertiary/aromatic N) is 1. The summed E-state index contributed by atoms with van der Waals surface area (Å²) in [7, 11) is 1.78. The smallest absolute Gasteiger partial charge is 0.0589 e. The van der Waals surface area contributed by atoms with Crippen molar-refractivity contribution in [2.45, 2.75) is 38.6 Å². The van der Waals surface area contributed by atoms with Crippen molar-refractivity contribution in [2.24, 2.45) is 0 Å². The summed E-state index contributed by atoms with van der Waals surface area (Å²) >= 11 is 0. The number of hydrogen-bond acceptors (Lipinski definition) is 2. The van der Waals surface area contributed by atoms with Crippen LogP contribution in [0.1, 0.15) is 32.6 Å². The number of ether oxygens (including phenoxy) is 1. The van der Waals surface area contributed by atoms with E-state index >= 15 is 0 Å². The van der Waals surface area contributed by atoms with E-state index in [4.69, 9.17) is 4.74 Å². The minimum Gasteiger partial charge on any atom is -0.383 e. The third kappa shape index (κ3) is 2.76. The zero-order valence-electron chi connectivity index (χ0n) is 8.38. The van der Waals surface area contributed by atoms with Gasteiger partial charge in [0, 0.05) is 19.7 Å². The fourth-order valence-electron chi connectivity index (χ4n) is 2.06. The van der Waals surface area contributed by atoms with Crippen LogP contribution >= 0.6 is 0 Å². The highest BCUT2D eigenvalue weighted by atomic mass is 16.5. The van der Waals surface area contributed by atoms with E-state index in [-0.39, 0.29) is 0 Å². The maximum Gasteiger partial charge on any atom is 0.0589 e. The van der Waals surface area contributed by atoms with Crippen LogP contribution in [0.25, 0.3) is 0 Å². The Labute approximate surface area is 75.9 Å². The Morgan fingerprint density at radius 2 is 2.33 bits per heavy atom. The van der Waals surface area contributed by atoms with Crippen LogP contribution in [0.2, 0.25) is 0 Å². The second kappa shape index (κ2) is 5.55. The Morgan fingerprint density at radius 1 is 1.50 bits per heavy atom. The summed E-state index contributed by atoms with van der Waals surface area (Å²) in [4.78, 5) is 2.58. The zero-order chi connectivity index (χ0) is 8.81. The normalized spacial score (nSPS) is 25.0. The average molecular weight is 171 g/mol. The van der Waals surface area contributed by atoms with Gasteiger partial charge in [-0.2, -0.15) is 0 Å². The zero-order valence-corrected chi connectivity index (χ0v) is 8.38. The lowest BCUT2D eigenvalue weighted by molar-refractivity contribution is 0.138. The van der Waals surface area contributed by atoms with Crippen molar-refractivity contribution < 1.29 is 4.74 Å². The second-order valence-corrected chi connectivity index (χ2v) is 3.61. The van der Waals surface area contributed by atoms with Gasteiger partial charge in [0.1, 0.15) is 0 Å². The first-order valence-corrected chi connectivity index (χ1v) is 5.11. The molecule has 1 unspecified atom stereocenters. The van der Waals surface area contributed by atoms with Gasteiger partial charge < -0.3 is 4.74 Å². The Hall–Kier alpha value is -0.0800. The molecule has 1 aliphatic rings. The van der Waals surface area contributed by atoms with E-state index in [1.54, 1.807) is 7.11 Å². The molecule has 0 aromatic heterocycles. The van der Waals surface area contributed by atoms with Gasteiger partial charge in [0.05, 0.1) is 6.61 Å². The molecule has 0 saturated carbocycles. The third-order valence-corrected chi connectivity index (χ3v) is 2.70. The molecule has 12 heavy (non-hydrogen) atoms. The van der Waals surface area contributed by atoms with Crippen molar-refractivity contribution in [1.82, 2.24) is 4.90 Å². The van der Waals surface area contributed by atoms with E-state index in [1.807, 2.05) is 0 Å². The van der Waals surface area contributed by atoms with Crippen LogP contribution in [0.3, 0.4) is 0 Å². The van der Waals surface area contributed by atoms with E-state index in [0.29, 0.717) is 0 Å². The van der Waals surface area contributed by atoms with Gasteiger partial charge in [-0.1, -0.05) is 13.3 Å².